The smallest absolute Gasteiger partial charge is 0.363 e. The summed E-state index contributed by atoms with van der Waals surface area (Å²) in [6, 6.07) is 5.19. The first-order valence-corrected chi connectivity index (χ1v) is 10.3. The first-order valence-electron chi connectivity index (χ1n) is 8.47. The first-order chi connectivity index (χ1) is 13.9. The van der Waals surface area contributed by atoms with Crippen molar-refractivity contribution in [2.45, 2.75) is 11.1 Å². The van der Waals surface area contributed by atoms with E-state index in [9.17, 15) is 36.1 Å². The lowest BCUT2D eigenvalue weighted by Crippen LogP contribution is -2.48. The molecule has 0 aliphatic carbocycles. The zero-order valence-electron chi connectivity index (χ0n) is 15.1. The molecule has 0 amide bonds. The largest absolute Gasteiger partial charge is 0.416 e. The molecule has 1 aliphatic rings. The Morgan fingerprint density at radius 2 is 1.67 bits per heavy atom. The Morgan fingerprint density at radius 3 is 2.20 bits per heavy atom. The number of halogens is 5. The molecule has 0 saturated carbocycles. The predicted molar refractivity (Wildman–Crippen MR) is 100 cm³/mol. The molecule has 0 atom stereocenters. The van der Waals surface area contributed by atoms with E-state index >= 15 is 0 Å². The summed E-state index contributed by atoms with van der Waals surface area (Å²) in [5, 5.41) is 10.9. The van der Waals surface area contributed by atoms with Crippen LogP contribution in [-0.4, -0.2) is 43.8 Å². The molecular formula is C17H14ClF4N3O4S. The molecule has 0 aromatic heterocycles. The van der Waals surface area contributed by atoms with Crippen LogP contribution in [-0.2, 0) is 16.2 Å². The summed E-state index contributed by atoms with van der Waals surface area (Å²) < 4.78 is 78.4. The maximum atomic E-state index is 13.3. The molecule has 0 N–H and O–H groups in total. The summed E-state index contributed by atoms with van der Waals surface area (Å²) in [7, 11) is -3.99. The van der Waals surface area contributed by atoms with Crippen molar-refractivity contribution in [3.8, 4) is 0 Å². The van der Waals surface area contributed by atoms with Crippen LogP contribution in [0.1, 0.15) is 5.56 Å². The van der Waals surface area contributed by atoms with E-state index in [4.69, 9.17) is 11.6 Å². The van der Waals surface area contributed by atoms with Crippen molar-refractivity contribution in [2.75, 3.05) is 31.1 Å². The molecular weight excluding hydrogens is 454 g/mol. The number of hydrogen-bond acceptors (Lipinski definition) is 5. The van der Waals surface area contributed by atoms with Crippen LogP contribution in [0.15, 0.2) is 41.3 Å². The fourth-order valence-corrected chi connectivity index (χ4v) is 4.76. The molecule has 1 aliphatic heterocycles. The Bertz CT molecular complexity index is 1090. The summed E-state index contributed by atoms with van der Waals surface area (Å²) >= 11 is 5.64. The molecule has 1 heterocycles. The van der Waals surface area contributed by atoms with Crippen LogP contribution in [0.4, 0.5) is 28.9 Å². The molecule has 0 radical (unpaired) electrons. The maximum Gasteiger partial charge on any atom is 0.416 e. The zero-order valence-corrected chi connectivity index (χ0v) is 16.6. The highest BCUT2D eigenvalue weighted by Crippen LogP contribution is 2.37. The summed E-state index contributed by atoms with van der Waals surface area (Å²) in [6.07, 6.45) is -4.73. The second-order valence-electron chi connectivity index (χ2n) is 6.43. The van der Waals surface area contributed by atoms with Gasteiger partial charge in [-0.1, -0.05) is 11.6 Å². The topological polar surface area (TPSA) is 83.8 Å². The van der Waals surface area contributed by atoms with Gasteiger partial charge in [0.1, 0.15) is 11.5 Å². The molecule has 30 heavy (non-hydrogen) atoms. The zero-order chi connectivity index (χ0) is 22.3. The lowest BCUT2D eigenvalue weighted by molar-refractivity contribution is -0.384. The molecule has 0 unspecified atom stereocenters. The fraction of sp³-hybridized carbons (Fsp3) is 0.294. The Hall–Kier alpha value is -2.44. The minimum absolute atomic E-state index is 0.0142. The SMILES string of the molecule is O=[N+]([O-])c1cc(C(F)(F)F)ccc1N1CCN(S(=O)(=O)c2ccc(F)c(Cl)c2)CC1. The second kappa shape index (κ2) is 8.00. The van der Waals surface area contributed by atoms with Gasteiger partial charge in [-0.15, -0.1) is 0 Å². The van der Waals surface area contributed by atoms with E-state index in [-0.39, 0.29) is 41.8 Å². The van der Waals surface area contributed by atoms with Crippen LogP contribution < -0.4 is 4.90 Å². The molecule has 1 saturated heterocycles. The van der Waals surface area contributed by atoms with Gasteiger partial charge in [0, 0.05) is 32.2 Å². The van der Waals surface area contributed by atoms with Crippen molar-refractivity contribution >= 4 is 33.0 Å². The van der Waals surface area contributed by atoms with Crippen LogP contribution >= 0.6 is 11.6 Å². The number of rotatable bonds is 4. The normalized spacial score (nSPS) is 16.0. The third-order valence-corrected chi connectivity index (χ3v) is 6.79. The number of anilines is 1. The van der Waals surface area contributed by atoms with Gasteiger partial charge < -0.3 is 4.90 Å². The van der Waals surface area contributed by atoms with Gasteiger partial charge in [-0.3, -0.25) is 10.1 Å². The molecule has 3 rings (SSSR count). The average Bonchev–Trinajstić information content (AvgIpc) is 2.69. The van der Waals surface area contributed by atoms with Crippen molar-refractivity contribution in [3.05, 3.63) is 62.9 Å². The number of nitro benzene ring substituents is 1. The van der Waals surface area contributed by atoms with Gasteiger partial charge in [-0.25, -0.2) is 12.8 Å². The number of alkyl halides is 3. The third kappa shape index (κ3) is 4.35. The molecule has 0 bridgehead atoms. The van der Waals surface area contributed by atoms with Gasteiger partial charge in [-0.05, 0) is 30.3 Å². The van der Waals surface area contributed by atoms with Gasteiger partial charge >= 0.3 is 6.18 Å². The van der Waals surface area contributed by atoms with Gasteiger partial charge in [0.2, 0.25) is 10.0 Å². The van der Waals surface area contributed by atoms with E-state index in [2.05, 4.69) is 0 Å². The van der Waals surface area contributed by atoms with E-state index in [1.54, 1.807) is 0 Å². The number of benzene rings is 2. The van der Waals surface area contributed by atoms with Gasteiger partial charge in [0.05, 0.1) is 20.4 Å². The highest BCUT2D eigenvalue weighted by Gasteiger charge is 2.35. The van der Waals surface area contributed by atoms with Crippen LogP contribution in [0, 0.1) is 15.9 Å². The number of sulfonamides is 1. The van der Waals surface area contributed by atoms with Crippen LogP contribution in [0.25, 0.3) is 0 Å². The molecule has 7 nitrogen and oxygen atoms in total. The van der Waals surface area contributed by atoms with Crippen LogP contribution in [0.5, 0.6) is 0 Å². The number of nitro groups is 1. The summed E-state index contributed by atoms with van der Waals surface area (Å²) in [4.78, 5) is 11.6. The predicted octanol–water partition coefficient (Wildman–Crippen LogP) is 3.92. The molecule has 2 aromatic carbocycles. The standard InChI is InChI=1S/C17H14ClF4N3O4S/c18-13-10-12(2-3-14(13)19)30(28,29)24-7-5-23(6-8-24)15-4-1-11(17(20,21)22)9-16(15)25(26)27/h1-4,9-10H,5-8H2. The van der Waals surface area contributed by atoms with E-state index in [1.807, 2.05) is 0 Å². The van der Waals surface area contributed by atoms with Crippen molar-refractivity contribution in [3.63, 3.8) is 0 Å². The quantitative estimate of drug-likeness (QED) is 0.386. The second-order valence-corrected chi connectivity index (χ2v) is 8.77. The third-order valence-electron chi connectivity index (χ3n) is 4.61. The van der Waals surface area contributed by atoms with E-state index in [0.29, 0.717) is 6.07 Å². The Kier molecular flexibility index (Phi) is 5.94. The Balaban J connectivity index is 1.81. The lowest BCUT2D eigenvalue weighted by Gasteiger charge is -2.35. The van der Waals surface area contributed by atoms with Crippen molar-refractivity contribution in [2.24, 2.45) is 0 Å². The Morgan fingerprint density at radius 1 is 1.03 bits per heavy atom. The van der Waals surface area contributed by atoms with E-state index in [0.717, 1.165) is 34.6 Å². The number of piperazine rings is 1. The van der Waals surface area contributed by atoms with Crippen molar-refractivity contribution in [1.82, 2.24) is 4.31 Å². The molecule has 0 spiro atoms. The van der Waals surface area contributed by atoms with Gasteiger partial charge in [0.25, 0.3) is 5.69 Å². The fourth-order valence-electron chi connectivity index (χ4n) is 3.07. The highest BCUT2D eigenvalue weighted by molar-refractivity contribution is 7.89. The first kappa shape index (κ1) is 22.2. The molecule has 13 heteroatoms. The minimum atomic E-state index is -4.73. The summed E-state index contributed by atoms with van der Waals surface area (Å²) in [5.41, 5.74) is -1.89. The molecule has 162 valence electrons. The van der Waals surface area contributed by atoms with Crippen LogP contribution in [0.3, 0.4) is 0 Å². The molecule has 2 aromatic rings. The van der Waals surface area contributed by atoms with Crippen molar-refractivity contribution in [1.29, 1.82) is 0 Å². The lowest BCUT2D eigenvalue weighted by atomic mass is 10.1. The maximum absolute atomic E-state index is 13.3. The highest BCUT2D eigenvalue weighted by atomic mass is 35.5. The monoisotopic (exact) mass is 467 g/mol. The average molecular weight is 468 g/mol. The van der Waals surface area contributed by atoms with Crippen LogP contribution in [0.2, 0.25) is 5.02 Å². The van der Waals surface area contributed by atoms with Crippen molar-refractivity contribution < 1.29 is 30.9 Å². The molecule has 1 fully saturated rings. The van der Waals surface area contributed by atoms with Gasteiger partial charge in [0.15, 0.2) is 0 Å². The number of hydrogen-bond donors (Lipinski definition) is 0. The van der Waals surface area contributed by atoms with E-state index < -0.39 is 38.2 Å². The summed E-state index contributed by atoms with van der Waals surface area (Å²) in [5.74, 6) is -0.768. The van der Waals surface area contributed by atoms with Gasteiger partial charge in [-0.2, -0.15) is 17.5 Å². The van der Waals surface area contributed by atoms with E-state index in [1.165, 1.54) is 4.90 Å². The number of nitrogens with zero attached hydrogens (tertiary/aromatic N) is 3. The minimum Gasteiger partial charge on any atom is -0.363 e. The Labute approximate surface area is 173 Å². The summed E-state index contributed by atoms with van der Waals surface area (Å²) in [6.45, 7) is -0.119.